The molecule has 1 fully saturated rings. The standard InChI is InChI=1S/C26H36N8O2/c1-17-8-12-34(18-7-6-11-27-20(17)18)23-21-22(31-32-23)30-19(15-28-21)33-13-9-26(5,10-14-33)16-29-24(35)36-25(2,3)4/h6-7,11,15,17H,8-10,12-14,16H2,1-5H3,(H,29,35)(H,30,31,32)/t17-/m0/s1. The van der Waals surface area contributed by atoms with Gasteiger partial charge >= 0.3 is 6.09 Å². The average Bonchev–Trinajstić information content (AvgIpc) is 3.26. The maximum Gasteiger partial charge on any atom is 0.407 e. The Bertz CT molecular complexity index is 1240. The number of aromatic nitrogens is 5. The molecule has 0 radical (unpaired) electrons. The summed E-state index contributed by atoms with van der Waals surface area (Å²) in [4.78, 5) is 30.8. The molecule has 0 aromatic carbocycles. The summed E-state index contributed by atoms with van der Waals surface area (Å²) < 4.78 is 5.38. The largest absolute Gasteiger partial charge is 0.444 e. The third-order valence-electron chi connectivity index (χ3n) is 7.21. The Hall–Kier alpha value is -3.43. The monoisotopic (exact) mass is 492 g/mol. The van der Waals surface area contributed by atoms with Crippen LogP contribution in [-0.4, -0.2) is 63.0 Å². The van der Waals surface area contributed by atoms with E-state index in [4.69, 9.17) is 14.7 Å². The third kappa shape index (κ3) is 4.94. The Morgan fingerprint density at radius 1 is 1.25 bits per heavy atom. The van der Waals surface area contributed by atoms with E-state index in [1.54, 1.807) is 0 Å². The van der Waals surface area contributed by atoms with Crippen LogP contribution in [0.2, 0.25) is 0 Å². The zero-order valence-corrected chi connectivity index (χ0v) is 21.8. The fraction of sp³-hybridized carbons (Fsp3) is 0.577. The van der Waals surface area contributed by atoms with Crippen molar-refractivity contribution in [3.8, 4) is 0 Å². The maximum atomic E-state index is 12.1. The molecule has 0 unspecified atom stereocenters. The van der Waals surface area contributed by atoms with Gasteiger partial charge in [0.2, 0.25) is 0 Å². The summed E-state index contributed by atoms with van der Waals surface area (Å²) in [5.41, 5.74) is 3.16. The highest BCUT2D eigenvalue weighted by Crippen LogP contribution is 2.39. The molecule has 0 bridgehead atoms. The molecular weight excluding hydrogens is 456 g/mol. The fourth-order valence-electron chi connectivity index (χ4n) is 4.99. The van der Waals surface area contributed by atoms with Crippen molar-refractivity contribution in [2.75, 3.05) is 36.0 Å². The van der Waals surface area contributed by atoms with Crippen molar-refractivity contribution in [1.82, 2.24) is 30.5 Å². The predicted molar refractivity (Wildman–Crippen MR) is 140 cm³/mol. The number of pyridine rings is 1. The van der Waals surface area contributed by atoms with Crippen LogP contribution < -0.4 is 15.1 Å². The SMILES string of the molecule is C[C@H]1CCN(c2n[nH]c3nc(N4CCC(C)(CNC(=O)OC(C)(C)C)CC4)cnc23)c2cccnc21. The summed E-state index contributed by atoms with van der Waals surface area (Å²) in [6, 6.07) is 4.07. The van der Waals surface area contributed by atoms with Crippen molar-refractivity contribution >= 4 is 34.6 Å². The highest BCUT2D eigenvalue weighted by Gasteiger charge is 2.32. The van der Waals surface area contributed by atoms with Gasteiger partial charge in [0.1, 0.15) is 11.4 Å². The molecule has 5 heterocycles. The molecule has 2 aliphatic rings. The molecule has 1 atom stereocenters. The Kier molecular flexibility index (Phi) is 6.22. The molecule has 0 spiro atoms. The van der Waals surface area contributed by atoms with E-state index in [2.05, 4.69) is 50.2 Å². The number of hydrogen-bond acceptors (Lipinski definition) is 8. The number of alkyl carbamates (subject to hydrolysis) is 1. The van der Waals surface area contributed by atoms with E-state index in [1.165, 1.54) is 0 Å². The second-order valence-electron chi connectivity index (χ2n) is 11.4. The summed E-state index contributed by atoms with van der Waals surface area (Å²) in [7, 11) is 0. The molecule has 36 heavy (non-hydrogen) atoms. The van der Waals surface area contributed by atoms with Crippen LogP contribution in [0.1, 0.15) is 65.5 Å². The number of nitrogens with zero attached hydrogens (tertiary/aromatic N) is 6. The normalized spacial score (nSPS) is 19.8. The molecule has 3 aromatic heterocycles. The summed E-state index contributed by atoms with van der Waals surface area (Å²) in [5, 5.41) is 10.6. The summed E-state index contributed by atoms with van der Waals surface area (Å²) in [5.74, 6) is 2.06. The number of H-pyrrole nitrogens is 1. The molecule has 2 N–H and O–H groups in total. The van der Waals surface area contributed by atoms with Crippen LogP contribution in [0.5, 0.6) is 0 Å². The van der Waals surface area contributed by atoms with Crippen molar-refractivity contribution in [3.05, 3.63) is 30.2 Å². The van der Waals surface area contributed by atoms with Crippen molar-refractivity contribution in [2.24, 2.45) is 5.41 Å². The molecule has 10 heteroatoms. The summed E-state index contributed by atoms with van der Waals surface area (Å²) >= 11 is 0. The van der Waals surface area contributed by atoms with Gasteiger partial charge in [-0.25, -0.2) is 14.8 Å². The van der Waals surface area contributed by atoms with Gasteiger partial charge in [0, 0.05) is 38.3 Å². The second-order valence-corrected chi connectivity index (χ2v) is 11.4. The Morgan fingerprint density at radius 2 is 2.03 bits per heavy atom. The van der Waals surface area contributed by atoms with E-state index < -0.39 is 5.60 Å². The Morgan fingerprint density at radius 3 is 2.78 bits per heavy atom. The number of anilines is 3. The average molecular weight is 493 g/mol. The molecule has 0 aliphatic carbocycles. The summed E-state index contributed by atoms with van der Waals surface area (Å²) in [6.45, 7) is 13.2. The quantitative estimate of drug-likeness (QED) is 0.547. The number of rotatable bonds is 4. The van der Waals surface area contributed by atoms with E-state index in [0.29, 0.717) is 18.1 Å². The van der Waals surface area contributed by atoms with Crippen LogP contribution >= 0.6 is 0 Å². The first-order chi connectivity index (χ1) is 17.1. The van der Waals surface area contributed by atoms with E-state index in [0.717, 1.165) is 67.4 Å². The number of amides is 1. The number of carbonyl (C=O) groups excluding carboxylic acids is 1. The lowest BCUT2D eigenvalue weighted by molar-refractivity contribution is 0.0495. The van der Waals surface area contributed by atoms with Gasteiger partial charge < -0.3 is 19.9 Å². The van der Waals surface area contributed by atoms with Crippen LogP contribution in [0, 0.1) is 5.41 Å². The number of aromatic amines is 1. The van der Waals surface area contributed by atoms with Gasteiger partial charge in [-0.15, -0.1) is 0 Å². The fourth-order valence-corrected chi connectivity index (χ4v) is 4.99. The third-order valence-corrected chi connectivity index (χ3v) is 7.21. The first-order valence-corrected chi connectivity index (χ1v) is 12.8. The van der Waals surface area contributed by atoms with Gasteiger partial charge in [0.05, 0.1) is 17.6 Å². The van der Waals surface area contributed by atoms with Gasteiger partial charge in [-0.1, -0.05) is 13.8 Å². The zero-order chi connectivity index (χ0) is 25.5. The van der Waals surface area contributed by atoms with Crippen LogP contribution in [0.15, 0.2) is 24.5 Å². The van der Waals surface area contributed by atoms with E-state index in [-0.39, 0.29) is 11.5 Å². The van der Waals surface area contributed by atoms with E-state index in [9.17, 15) is 4.79 Å². The topological polar surface area (TPSA) is 112 Å². The molecule has 0 saturated carbocycles. The molecule has 192 valence electrons. The number of carbonyl (C=O) groups is 1. The molecule has 5 rings (SSSR count). The molecule has 2 aliphatic heterocycles. The maximum absolute atomic E-state index is 12.1. The van der Waals surface area contributed by atoms with E-state index >= 15 is 0 Å². The number of piperidine rings is 1. The molecule has 3 aromatic rings. The van der Waals surface area contributed by atoms with Gasteiger partial charge in [0.15, 0.2) is 17.0 Å². The number of nitrogens with one attached hydrogen (secondary N) is 2. The van der Waals surface area contributed by atoms with Gasteiger partial charge in [0.25, 0.3) is 0 Å². The predicted octanol–water partition coefficient (Wildman–Crippen LogP) is 4.52. The van der Waals surface area contributed by atoms with Crippen molar-refractivity contribution in [2.45, 2.75) is 65.4 Å². The number of hydrogen-bond donors (Lipinski definition) is 2. The lowest BCUT2D eigenvalue weighted by Gasteiger charge is -2.40. The first-order valence-electron chi connectivity index (χ1n) is 12.8. The lowest BCUT2D eigenvalue weighted by Crippen LogP contribution is -2.46. The molecule has 1 amide bonds. The Labute approximate surface area is 211 Å². The zero-order valence-electron chi connectivity index (χ0n) is 21.8. The van der Waals surface area contributed by atoms with Gasteiger partial charge in [-0.2, -0.15) is 5.10 Å². The van der Waals surface area contributed by atoms with Crippen LogP contribution in [0.3, 0.4) is 0 Å². The van der Waals surface area contributed by atoms with Crippen LogP contribution in [-0.2, 0) is 4.74 Å². The lowest BCUT2D eigenvalue weighted by atomic mass is 9.80. The van der Waals surface area contributed by atoms with Gasteiger partial charge in [-0.05, 0) is 57.6 Å². The molecule has 10 nitrogen and oxygen atoms in total. The molecule has 1 saturated heterocycles. The second kappa shape index (κ2) is 9.22. The van der Waals surface area contributed by atoms with Crippen LogP contribution in [0.4, 0.5) is 22.1 Å². The Balaban J connectivity index is 1.26. The van der Waals surface area contributed by atoms with Crippen LogP contribution in [0.25, 0.3) is 11.2 Å². The van der Waals surface area contributed by atoms with Crippen molar-refractivity contribution in [3.63, 3.8) is 0 Å². The summed E-state index contributed by atoms with van der Waals surface area (Å²) in [6.07, 6.45) is 6.22. The minimum atomic E-state index is -0.495. The van der Waals surface area contributed by atoms with Crippen molar-refractivity contribution in [1.29, 1.82) is 0 Å². The number of fused-ring (bicyclic) bond motifs is 2. The van der Waals surface area contributed by atoms with Gasteiger partial charge in [-0.3, -0.25) is 10.1 Å². The minimum Gasteiger partial charge on any atom is -0.444 e. The van der Waals surface area contributed by atoms with Crippen molar-refractivity contribution < 1.29 is 9.53 Å². The highest BCUT2D eigenvalue weighted by atomic mass is 16.6. The first kappa shape index (κ1) is 24.3. The van der Waals surface area contributed by atoms with E-state index in [1.807, 2.05) is 39.2 Å². The highest BCUT2D eigenvalue weighted by molar-refractivity contribution is 5.87. The molecular formula is C26H36N8O2. The smallest absolute Gasteiger partial charge is 0.407 e. The number of ether oxygens (including phenoxy) is 1. The minimum absolute atomic E-state index is 0.0128.